The SMILES string of the molecule is CCCCCCCCCCCc1ccc(C=C2C=C(CC)C(c3cc(C)c[nH]3)=N2)[nH]1. The maximum atomic E-state index is 4.88. The van der Waals surface area contributed by atoms with Gasteiger partial charge in [-0.1, -0.05) is 65.2 Å². The number of rotatable bonds is 13. The number of aliphatic imine (C=N–C) groups is 1. The van der Waals surface area contributed by atoms with Crippen molar-refractivity contribution in [2.24, 2.45) is 4.99 Å². The van der Waals surface area contributed by atoms with Crippen molar-refractivity contribution >= 4 is 11.8 Å². The molecule has 2 N–H and O–H groups in total. The summed E-state index contributed by atoms with van der Waals surface area (Å²) in [5.41, 5.74) is 8.25. The molecule has 3 heteroatoms. The lowest BCUT2D eigenvalue weighted by atomic mass is 10.1. The Morgan fingerprint density at radius 2 is 1.67 bits per heavy atom. The first-order chi connectivity index (χ1) is 14.7. The Hall–Kier alpha value is -2.29. The van der Waals surface area contributed by atoms with Crippen LogP contribution in [0.15, 0.2) is 46.7 Å². The third-order valence-electron chi connectivity index (χ3n) is 5.95. The van der Waals surface area contributed by atoms with Crippen LogP contribution >= 0.6 is 0 Å². The van der Waals surface area contributed by atoms with Crippen LogP contribution < -0.4 is 0 Å². The molecule has 0 fully saturated rings. The Morgan fingerprint density at radius 3 is 2.33 bits per heavy atom. The Labute approximate surface area is 182 Å². The second kappa shape index (κ2) is 11.8. The summed E-state index contributed by atoms with van der Waals surface area (Å²) in [4.78, 5) is 11.8. The van der Waals surface area contributed by atoms with Crippen LogP contribution in [0.25, 0.3) is 6.08 Å². The predicted molar refractivity (Wildman–Crippen MR) is 130 cm³/mol. The van der Waals surface area contributed by atoms with Gasteiger partial charge >= 0.3 is 0 Å². The first-order valence-electron chi connectivity index (χ1n) is 12.0. The molecule has 162 valence electrons. The Kier molecular flexibility index (Phi) is 8.80. The molecule has 0 aliphatic carbocycles. The number of nitrogens with zero attached hydrogens (tertiary/aromatic N) is 1. The minimum atomic E-state index is 0.989. The van der Waals surface area contributed by atoms with Gasteiger partial charge in [-0.05, 0) is 67.7 Å². The van der Waals surface area contributed by atoms with Gasteiger partial charge < -0.3 is 9.97 Å². The topological polar surface area (TPSA) is 43.9 Å². The third-order valence-corrected chi connectivity index (χ3v) is 5.95. The highest BCUT2D eigenvalue weighted by molar-refractivity contribution is 6.14. The van der Waals surface area contributed by atoms with Crippen LogP contribution in [-0.2, 0) is 6.42 Å². The molecule has 1 aliphatic heterocycles. The summed E-state index contributed by atoms with van der Waals surface area (Å²) in [5, 5.41) is 0. The summed E-state index contributed by atoms with van der Waals surface area (Å²) in [5.74, 6) is 0. The molecule has 0 amide bonds. The lowest BCUT2D eigenvalue weighted by molar-refractivity contribution is 0.564. The zero-order valence-corrected chi connectivity index (χ0v) is 19.2. The molecule has 2 aromatic heterocycles. The molecule has 0 saturated carbocycles. The third kappa shape index (κ3) is 6.62. The van der Waals surface area contributed by atoms with Crippen molar-refractivity contribution in [2.45, 2.75) is 91.4 Å². The normalized spacial score (nSPS) is 15.1. The second-order valence-corrected chi connectivity index (χ2v) is 8.66. The van der Waals surface area contributed by atoms with E-state index in [2.05, 4.69) is 61.1 Å². The molecule has 2 aromatic rings. The number of aryl methyl sites for hydroxylation is 2. The van der Waals surface area contributed by atoms with E-state index in [0.717, 1.165) is 35.6 Å². The van der Waals surface area contributed by atoms with Crippen LogP contribution in [0.2, 0.25) is 0 Å². The highest BCUT2D eigenvalue weighted by Gasteiger charge is 2.16. The molecule has 0 radical (unpaired) electrons. The van der Waals surface area contributed by atoms with Gasteiger partial charge in [0.1, 0.15) is 0 Å². The van der Waals surface area contributed by atoms with Crippen molar-refractivity contribution in [3.63, 3.8) is 0 Å². The first-order valence-corrected chi connectivity index (χ1v) is 12.0. The summed E-state index contributed by atoms with van der Waals surface area (Å²) >= 11 is 0. The molecule has 1 aliphatic rings. The fourth-order valence-electron chi connectivity index (χ4n) is 4.17. The molecular weight excluding hydrogens is 366 g/mol. The number of H-pyrrole nitrogens is 2. The molecule has 0 unspecified atom stereocenters. The molecule has 3 rings (SSSR count). The van der Waals surface area contributed by atoms with E-state index in [1.807, 2.05) is 6.20 Å². The van der Waals surface area contributed by atoms with Crippen molar-refractivity contribution in [1.82, 2.24) is 9.97 Å². The van der Waals surface area contributed by atoms with E-state index in [-0.39, 0.29) is 0 Å². The van der Waals surface area contributed by atoms with Gasteiger partial charge in [-0.15, -0.1) is 0 Å². The molecular formula is C27H39N3. The van der Waals surface area contributed by atoms with Crippen molar-refractivity contribution in [2.75, 3.05) is 0 Å². The van der Waals surface area contributed by atoms with Crippen LogP contribution in [0, 0.1) is 6.92 Å². The van der Waals surface area contributed by atoms with Crippen molar-refractivity contribution in [3.05, 3.63) is 64.4 Å². The van der Waals surface area contributed by atoms with Gasteiger partial charge in [-0.2, -0.15) is 0 Å². The monoisotopic (exact) mass is 405 g/mol. The number of hydrogen-bond acceptors (Lipinski definition) is 1. The summed E-state index contributed by atoms with van der Waals surface area (Å²) in [6.07, 6.45) is 20.9. The van der Waals surface area contributed by atoms with Crippen LogP contribution in [-0.4, -0.2) is 15.7 Å². The molecule has 3 nitrogen and oxygen atoms in total. The van der Waals surface area contributed by atoms with Crippen molar-refractivity contribution in [1.29, 1.82) is 0 Å². The second-order valence-electron chi connectivity index (χ2n) is 8.66. The molecule has 30 heavy (non-hydrogen) atoms. The number of unbranched alkanes of at least 4 members (excludes halogenated alkanes) is 8. The van der Waals surface area contributed by atoms with E-state index in [0.29, 0.717) is 0 Å². The summed E-state index contributed by atoms with van der Waals surface area (Å²) in [6, 6.07) is 6.58. The van der Waals surface area contributed by atoms with Gasteiger partial charge in [0.15, 0.2) is 0 Å². The van der Waals surface area contributed by atoms with E-state index in [9.17, 15) is 0 Å². The fraction of sp³-hybridized carbons (Fsp3) is 0.519. The Morgan fingerprint density at radius 1 is 0.933 bits per heavy atom. The maximum absolute atomic E-state index is 4.88. The molecule has 3 heterocycles. The number of aromatic amines is 2. The van der Waals surface area contributed by atoms with Gasteiger partial charge in [0.2, 0.25) is 0 Å². The molecule has 0 atom stereocenters. The number of nitrogens with one attached hydrogen (secondary N) is 2. The lowest BCUT2D eigenvalue weighted by Gasteiger charge is -2.01. The van der Waals surface area contributed by atoms with Gasteiger partial charge in [0.05, 0.1) is 17.1 Å². The van der Waals surface area contributed by atoms with Gasteiger partial charge in [0.25, 0.3) is 0 Å². The number of allylic oxidation sites excluding steroid dienone is 2. The number of aromatic nitrogens is 2. The summed E-state index contributed by atoms with van der Waals surface area (Å²) in [7, 11) is 0. The van der Waals surface area contributed by atoms with Crippen LogP contribution in [0.1, 0.15) is 101 Å². The minimum absolute atomic E-state index is 0.989. The summed E-state index contributed by atoms with van der Waals surface area (Å²) < 4.78 is 0. The van der Waals surface area contributed by atoms with Gasteiger partial charge in [-0.3, -0.25) is 0 Å². The zero-order valence-electron chi connectivity index (χ0n) is 19.2. The van der Waals surface area contributed by atoms with Gasteiger partial charge in [0, 0.05) is 17.6 Å². The van der Waals surface area contributed by atoms with E-state index in [1.165, 1.54) is 74.6 Å². The maximum Gasteiger partial charge on any atom is 0.0904 e. The van der Waals surface area contributed by atoms with E-state index >= 15 is 0 Å². The van der Waals surface area contributed by atoms with Crippen molar-refractivity contribution < 1.29 is 0 Å². The van der Waals surface area contributed by atoms with Gasteiger partial charge in [-0.25, -0.2) is 4.99 Å². The minimum Gasteiger partial charge on any atom is -0.360 e. The van der Waals surface area contributed by atoms with E-state index in [4.69, 9.17) is 4.99 Å². The molecule has 0 spiro atoms. The fourth-order valence-corrected chi connectivity index (χ4v) is 4.17. The average Bonchev–Trinajstić information content (AvgIpc) is 3.47. The highest BCUT2D eigenvalue weighted by Crippen LogP contribution is 2.25. The Balaban J connectivity index is 1.46. The largest absolute Gasteiger partial charge is 0.360 e. The van der Waals surface area contributed by atoms with Crippen molar-refractivity contribution in [3.8, 4) is 0 Å². The zero-order chi connectivity index (χ0) is 21.2. The smallest absolute Gasteiger partial charge is 0.0904 e. The first kappa shape index (κ1) is 22.4. The molecule has 0 bridgehead atoms. The van der Waals surface area contributed by atoms with Crippen LogP contribution in [0.3, 0.4) is 0 Å². The predicted octanol–water partition coefficient (Wildman–Crippen LogP) is 7.90. The summed E-state index contributed by atoms with van der Waals surface area (Å²) in [6.45, 7) is 6.58. The molecule has 0 saturated heterocycles. The highest BCUT2D eigenvalue weighted by atomic mass is 14.8. The number of hydrogen-bond donors (Lipinski definition) is 2. The van der Waals surface area contributed by atoms with Crippen LogP contribution in [0.5, 0.6) is 0 Å². The van der Waals surface area contributed by atoms with Crippen LogP contribution in [0.4, 0.5) is 0 Å². The lowest BCUT2D eigenvalue weighted by Crippen LogP contribution is -2.01. The average molecular weight is 406 g/mol. The molecule has 0 aromatic carbocycles. The quantitative estimate of drug-likeness (QED) is 0.318. The van der Waals surface area contributed by atoms with E-state index < -0.39 is 0 Å². The van der Waals surface area contributed by atoms with E-state index in [1.54, 1.807) is 0 Å². The standard InChI is InChI=1S/C27H39N3/c1-4-6-7-8-9-10-11-12-13-14-23-15-16-24(29-23)19-25-18-22(5-2)27(30-25)26-17-21(3)20-28-26/h15-20,28-29H,4-14H2,1-3H3. The Bertz CT molecular complexity index is 876.